The van der Waals surface area contributed by atoms with Gasteiger partial charge in [-0.3, -0.25) is 0 Å². The number of benzene rings is 2. The summed E-state index contributed by atoms with van der Waals surface area (Å²) in [6, 6.07) is 9.49. The third-order valence-corrected chi connectivity index (χ3v) is 7.28. The summed E-state index contributed by atoms with van der Waals surface area (Å²) in [6.45, 7) is 27.5. The molecular formula is C29H46AlO6P. The Bertz CT molecular complexity index is 1080. The van der Waals surface area contributed by atoms with Crippen LogP contribution in [0.25, 0.3) is 0 Å². The largest absolute Gasteiger partial charge is 0.832 e. The molecule has 0 atom stereocenters. The zero-order valence-electron chi connectivity index (χ0n) is 24.7. The standard InChI is InChI=1S/C29H44O2.Al.H3O4P.H/c1-26(2,3)20-14-18(24(30)22(16-20)28(7,8)9)13-19-15-21(27(4,5)6)17-23(25(19)31)29(10,11)12;;1-5(2,3)4;/h14-17,30-31H,13H2,1-12H3;;(H3,1,2,3,4);/q;+2;;/p-2. The second-order valence-corrected chi connectivity index (χ2v) is 16.0. The second-order valence-electron chi connectivity index (χ2n) is 14.1. The predicted octanol–water partition coefficient (Wildman–Crippen LogP) is 6.58. The fraction of sp³-hybridized carbons (Fsp3) is 0.586. The van der Waals surface area contributed by atoms with Crippen molar-refractivity contribution in [3.8, 4) is 11.5 Å². The van der Waals surface area contributed by atoms with Crippen LogP contribution in [-0.2, 0) is 32.6 Å². The molecule has 0 fully saturated rings. The van der Waals surface area contributed by atoms with E-state index in [-0.39, 0.29) is 21.7 Å². The quantitative estimate of drug-likeness (QED) is 0.254. The average Bonchev–Trinajstić information content (AvgIpc) is 2.62. The Kier molecular flexibility index (Phi) is 9.21. The molecule has 3 rings (SSSR count). The molecular weight excluding hydrogens is 502 g/mol. The van der Waals surface area contributed by atoms with Crippen LogP contribution in [0.15, 0.2) is 24.3 Å². The summed E-state index contributed by atoms with van der Waals surface area (Å²) in [5, 5.41) is 0. The van der Waals surface area contributed by atoms with Gasteiger partial charge in [0.2, 0.25) is 0 Å². The Morgan fingerprint density at radius 2 is 0.919 bits per heavy atom. The van der Waals surface area contributed by atoms with Gasteiger partial charge in [0.15, 0.2) is 0 Å². The van der Waals surface area contributed by atoms with E-state index >= 15 is 0 Å². The molecule has 0 unspecified atom stereocenters. The minimum absolute atomic E-state index is 0.00555. The zero-order chi connectivity index (χ0) is 28.8. The smallest absolute Gasteiger partial charge is 0.614 e. The lowest BCUT2D eigenvalue weighted by Crippen LogP contribution is -2.25. The molecule has 8 heteroatoms. The van der Waals surface area contributed by atoms with E-state index in [1.165, 1.54) is 33.4 Å². The molecule has 0 spiro atoms. The van der Waals surface area contributed by atoms with Gasteiger partial charge in [-0.05, 0) is 55.0 Å². The summed E-state index contributed by atoms with van der Waals surface area (Å²) in [4.78, 5) is 21.6. The van der Waals surface area contributed by atoms with Gasteiger partial charge in [0.25, 0.3) is 0 Å². The van der Waals surface area contributed by atoms with E-state index in [9.17, 15) is 0 Å². The zero-order valence-corrected chi connectivity index (χ0v) is 27.0. The van der Waals surface area contributed by atoms with E-state index in [4.69, 9.17) is 26.8 Å². The van der Waals surface area contributed by atoms with Crippen molar-refractivity contribution in [3.05, 3.63) is 57.6 Å². The van der Waals surface area contributed by atoms with Gasteiger partial charge in [0, 0.05) is 6.42 Å². The summed E-state index contributed by atoms with van der Waals surface area (Å²) in [6.07, 6.45) is 0.832. The third-order valence-electron chi connectivity index (χ3n) is 6.47. The first-order chi connectivity index (χ1) is 16.4. The Labute approximate surface area is 230 Å². The maximum Gasteiger partial charge on any atom is 0.832 e. The van der Waals surface area contributed by atoms with Crippen LogP contribution in [-0.4, -0.2) is 30.6 Å². The van der Waals surface area contributed by atoms with Crippen LogP contribution in [0.4, 0.5) is 0 Å². The van der Waals surface area contributed by atoms with E-state index < -0.39 is 23.7 Å². The maximum absolute atomic E-state index is 8.88. The molecule has 37 heavy (non-hydrogen) atoms. The molecule has 0 saturated heterocycles. The van der Waals surface area contributed by atoms with E-state index in [0.29, 0.717) is 0 Å². The highest BCUT2D eigenvalue weighted by Crippen LogP contribution is 2.44. The monoisotopic (exact) mass is 548 g/mol. The molecule has 206 valence electrons. The average molecular weight is 549 g/mol. The number of phosphoric acid groups is 1. The lowest BCUT2D eigenvalue weighted by atomic mass is 9.76. The van der Waals surface area contributed by atoms with Crippen LogP contribution in [0.3, 0.4) is 0 Å². The number of hydrogen-bond donors (Lipinski definition) is 3. The molecule has 0 radical (unpaired) electrons. The van der Waals surface area contributed by atoms with Crippen molar-refractivity contribution in [2.24, 2.45) is 0 Å². The van der Waals surface area contributed by atoms with Crippen LogP contribution in [0.5, 0.6) is 11.5 Å². The Hall–Kier alpha value is -1.32. The van der Waals surface area contributed by atoms with E-state index in [1.54, 1.807) is 0 Å². The number of hydrogen-bond acceptors (Lipinski definition) is 3. The summed E-state index contributed by atoms with van der Waals surface area (Å²) in [5.41, 5.74) is 8.10. The molecule has 3 N–H and O–H groups in total. The molecule has 0 aromatic heterocycles. The highest BCUT2D eigenvalue weighted by molar-refractivity contribution is 7.45. The van der Waals surface area contributed by atoms with Gasteiger partial charge in [0.05, 0.1) is 11.5 Å². The van der Waals surface area contributed by atoms with Crippen LogP contribution >= 0.6 is 7.82 Å². The van der Waals surface area contributed by atoms with Gasteiger partial charge in [-0.2, -0.15) is 0 Å². The molecule has 2 aromatic rings. The molecule has 0 bridgehead atoms. The fourth-order valence-electron chi connectivity index (χ4n) is 4.31. The van der Waals surface area contributed by atoms with Crippen molar-refractivity contribution in [2.45, 2.75) is 111 Å². The lowest BCUT2D eigenvalue weighted by Gasteiger charge is -2.34. The summed E-state index contributed by atoms with van der Waals surface area (Å²) in [7, 11) is -4.64. The first-order valence-electron chi connectivity index (χ1n) is 12.8. The van der Waals surface area contributed by atoms with Crippen LogP contribution in [0, 0.1) is 0 Å². The summed E-state index contributed by atoms with van der Waals surface area (Å²) < 4.78 is 21.9. The summed E-state index contributed by atoms with van der Waals surface area (Å²) in [5.74, 6) is 2.11. The van der Waals surface area contributed by atoms with Crippen molar-refractivity contribution in [1.29, 1.82) is 0 Å². The van der Waals surface area contributed by atoms with Gasteiger partial charge >= 0.3 is 23.7 Å². The maximum atomic E-state index is 8.88. The highest BCUT2D eigenvalue weighted by atomic mass is 31.2. The Morgan fingerprint density at radius 1 is 0.622 bits per heavy atom. The number of rotatable bonds is 0. The van der Waals surface area contributed by atoms with Gasteiger partial charge in [-0.15, -0.1) is 0 Å². The minimum atomic E-state index is -4.64. The molecule has 1 heterocycles. The molecule has 2 aromatic carbocycles. The molecule has 0 aliphatic carbocycles. The minimum Gasteiger partial charge on any atom is -0.614 e. The fourth-order valence-corrected chi connectivity index (χ4v) is 5.29. The van der Waals surface area contributed by atoms with Crippen LogP contribution in [0.2, 0.25) is 0 Å². The van der Waals surface area contributed by atoms with Crippen molar-refractivity contribution < 1.29 is 26.8 Å². The first-order valence-corrected chi connectivity index (χ1v) is 15.5. The van der Waals surface area contributed by atoms with Gasteiger partial charge in [-0.1, -0.05) is 107 Å². The van der Waals surface area contributed by atoms with Crippen molar-refractivity contribution in [3.63, 3.8) is 0 Å². The molecule has 6 nitrogen and oxygen atoms in total. The Morgan fingerprint density at radius 3 is 1.16 bits per heavy atom. The van der Waals surface area contributed by atoms with Crippen molar-refractivity contribution in [1.82, 2.24) is 0 Å². The normalized spacial score (nSPS) is 14.5. The topological polar surface area (TPSA) is 96.2 Å². The number of fused-ring (bicyclic) bond motifs is 2. The first kappa shape index (κ1) is 31.9. The third kappa shape index (κ3) is 8.85. The lowest BCUT2D eigenvalue weighted by molar-refractivity contribution is 0.275. The SMILES string of the molecule is CC(C)(C)c1cc2c(c(C(C)(C)C)c1)[O][AlH][O]c1c(cc(C(C)(C)C)cc1C(C)(C)C)C2.O=P(O)(O)O. The highest BCUT2D eigenvalue weighted by Gasteiger charge is 2.31. The molecule has 0 amide bonds. The van der Waals surface area contributed by atoms with Crippen LogP contribution in [0.1, 0.15) is 116 Å². The van der Waals surface area contributed by atoms with Crippen LogP contribution < -0.4 is 7.58 Å². The molecule has 0 saturated carbocycles. The van der Waals surface area contributed by atoms with E-state index in [2.05, 4.69) is 107 Å². The Balaban J connectivity index is 0.000000877. The predicted molar refractivity (Wildman–Crippen MR) is 153 cm³/mol. The van der Waals surface area contributed by atoms with Crippen molar-refractivity contribution >= 4 is 23.7 Å². The van der Waals surface area contributed by atoms with Gasteiger partial charge in [-0.25, -0.2) is 4.57 Å². The van der Waals surface area contributed by atoms with E-state index in [0.717, 1.165) is 17.9 Å². The van der Waals surface area contributed by atoms with Gasteiger partial charge < -0.3 is 22.3 Å². The molecule has 1 aliphatic rings. The van der Waals surface area contributed by atoms with E-state index in [1.807, 2.05) is 0 Å². The molecule has 1 aliphatic heterocycles. The van der Waals surface area contributed by atoms with Gasteiger partial charge in [0.1, 0.15) is 0 Å². The summed E-state index contributed by atoms with van der Waals surface area (Å²) >= 11 is -1.22. The second kappa shape index (κ2) is 10.7. The van der Waals surface area contributed by atoms with Crippen molar-refractivity contribution in [2.75, 3.05) is 0 Å².